The summed E-state index contributed by atoms with van der Waals surface area (Å²) in [5.41, 5.74) is 0. The molecule has 2 fully saturated rings. The highest BCUT2D eigenvalue weighted by Gasteiger charge is 2.42. The van der Waals surface area contributed by atoms with E-state index < -0.39 is 0 Å². The van der Waals surface area contributed by atoms with Crippen LogP contribution in [-0.4, -0.2) is 30.2 Å². The van der Waals surface area contributed by atoms with Gasteiger partial charge in [-0.25, -0.2) is 5.01 Å². The summed E-state index contributed by atoms with van der Waals surface area (Å²) in [6.45, 7) is 0. The zero-order valence-electron chi connectivity index (χ0n) is 7.06. The van der Waals surface area contributed by atoms with Crippen LogP contribution in [0.25, 0.3) is 0 Å². The van der Waals surface area contributed by atoms with Crippen LogP contribution in [0, 0.1) is 5.92 Å². The van der Waals surface area contributed by atoms with Crippen molar-refractivity contribution >= 4 is 5.97 Å². The molecule has 2 radical (unpaired) electrons. The first-order valence-corrected chi connectivity index (χ1v) is 4.29. The summed E-state index contributed by atoms with van der Waals surface area (Å²) >= 11 is 0. The molecule has 0 spiro atoms. The molecule has 1 heterocycles. The molecule has 12 heavy (non-hydrogen) atoms. The molecule has 0 amide bonds. The van der Waals surface area contributed by atoms with E-state index in [-0.39, 0.29) is 24.0 Å². The quantitative estimate of drug-likeness (QED) is 0.409. The molecule has 1 aliphatic carbocycles. The van der Waals surface area contributed by atoms with E-state index >= 15 is 0 Å². The number of hydrogen-bond acceptors (Lipinski definition) is 3. The number of carbonyl (C=O) groups excluding carboxylic acids is 1. The lowest BCUT2D eigenvalue weighted by molar-refractivity contribution is -0.143. The van der Waals surface area contributed by atoms with E-state index in [1.807, 2.05) is 0 Å². The second kappa shape index (κ2) is 2.71. The van der Waals surface area contributed by atoms with Crippen molar-refractivity contribution < 1.29 is 9.53 Å². The Labute approximate surface area is 71.6 Å². The third-order valence-electron chi connectivity index (χ3n) is 2.78. The van der Waals surface area contributed by atoms with Crippen molar-refractivity contribution in [2.24, 2.45) is 5.92 Å². The van der Waals surface area contributed by atoms with Crippen molar-refractivity contribution in [1.82, 2.24) is 10.9 Å². The Bertz CT molecular complexity index is 205. The van der Waals surface area contributed by atoms with Crippen LogP contribution in [0.1, 0.15) is 19.3 Å². The van der Waals surface area contributed by atoms with Crippen LogP contribution in [0.4, 0.5) is 0 Å². The maximum absolute atomic E-state index is 11.1. The maximum atomic E-state index is 11.1. The Hall–Kier alpha value is -0.610. The van der Waals surface area contributed by atoms with E-state index in [1.54, 1.807) is 7.05 Å². The summed E-state index contributed by atoms with van der Waals surface area (Å²) in [5, 5.41) is 1.20. The smallest absolute Gasteiger partial charge is 0.309 e. The van der Waals surface area contributed by atoms with Crippen LogP contribution < -0.4 is 5.84 Å². The minimum Gasteiger partial charge on any atom is -0.462 e. The number of rotatable bonds is 1. The van der Waals surface area contributed by atoms with E-state index in [9.17, 15) is 10.6 Å². The summed E-state index contributed by atoms with van der Waals surface area (Å²) in [6.07, 6.45) is 2.41. The number of carbonyl (C=O) groups is 1. The maximum Gasteiger partial charge on any atom is 0.309 e. The lowest BCUT2D eigenvalue weighted by atomic mass is 9.86. The molecule has 66 valence electrons. The monoisotopic (exact) mass is 168 g/mol. The third kappa shape index (κ3) is 1.21. The summed E-state index contributed by atoms with van der Waals surface area (Å²) < 4.78 is 5.09. The molecule has 0 aromatic carbocycles. The van der Waals surface area contributed by atoms with Crippen molar-refractivity contribution in [2.75, 3.05) is 7.05 Å². The van der Waals surface area contributed by atoms with Crippen LogP contribution in [0.3, 0.4) is 0 Å². The van der Waals surface area contributed by atoms with Crippen LogP contribution in [0.5, 0.6) is 0 Å². The molecule has 1 saturated carbocycles. The lowest BCUT2D eigenvalue weighted by Gasteiger charge is -2.27. The topological polar surface area (TPSA) is 51.8 Å². The van der Waals surface area contributed by atoms with Crippen LogP contribution in [0.15, 0.2) is 0 Å². The zero-order valence-corrected chi connectivity index (χ0v) is 7.06. The van der Waals surface area contributed by atoms with Gasteiger partial charge in [0.2, 0.25) is 0 Å². The molecule has 4 heteroatoms. The third-order valence-corrected chi connectivity index (χ3v) is 2.78. The average molecular weight is 168 g/mol. The first-order valence-electron chi connectivity index (χ1n) is 4.29. The van der Waals surface area contributed by atoms with Gasteiger partial charge in [-0.2, -0.15) is 0 Å². The molecule has 2 bridgehead atoms. The van der Waals surface area contributed by atoms with Crippen LogP contribution in [0.2, 0.25) is 0 Å². The first kappa shape index (κ1) is 8.01. The van der Waals surface area contributed by atoms with Gasteiger partial charge in [0.15, 0.2) is 0 Å². The Morgan fingerprint density at radius 2 is 2.25 bits per heavy atom. The molecule has 0 aromatic rings. The van der Waals surface area contributed by atoms with Crippen molar-refractivity contribution in [3.8, 4) is 0 Å². The fourth-order valence-electron chi connectivity index (χ4n) is 2.09. The fraction of sp³-hybridized carbons (Fsp3) is 0.875. The Kier molecular flexibility index (Phi) is 1.81. The molecule has 1 aliphatic heterocycles. The second-order valence-corrected chi connectivity index (χ2v) is 3.69. The van der Waals surface area contributed by atoms with Gasteiger partial charge in [-0.15, -0.1) is 0 Å². The van der Waals surface area contributed by atoms with Crippen molar-refractivity contribution in [3.05, 3.63) is 0 Å². The van der Waals surface area contributed by atoms with Gasteiger partial charge < -0.3 is 4.74 Å². The normalized spacial score (nSPS) is 40.2. The SMILES string of the molecule is CN([N])C1CC2CC(C1)C(=O)O2. The van der Waals surface area contributed by atoms with E-state index in [0.717, 1.165) is 19.3 Å². The Balaban J connectivity index is 2.05. The van der Waals surface area contributed by atoms with Crippen molar-refractivity contribution in [1.29, 1.82) is 0 Å². The molecular formula is C8H12N2O2. The van der Waals surface area contributed by atoms with Crippen LogP contribution >= 0.6 is 0 Å². The number of hydrogen-bond donors (Lipinski definition) is 0. The standard InChI is InChI=1S/C8H12N2O2/c1-10(9)6-2-5-3-7(4-6)12-8(5)11/h5-7H,2-4H2,1H3. The van der Waals surface area contributed by atoms with Crippen molar-refractivity contribution in [2.45, 2.75) is 31.4 Å². The highest BCUT2D eigenvalue weighted by atomic mass is 16.6. The highest BCUT2D eigenvalue weighted by molar-refractivity contribution is 5.75. The number of nitrogens with zero attached hydrogens (tertiary/aromatic N) is 2. The van der Waals surface area contributed by atoms with E-state index in [1.165, 1.54) is 5.01 Å². The molecule has 0 N–H and O–H groups in total. The van der Waals surface area contributed by atoms with Crippen LogP contribution in [-0.2, 0) is 9.53 Å². The Morgan fingerprint density at radius 3 is 2.83 bits per heavy atom. The molecule has 4 nitrogen and oxygen atoms in total. The minimum absolute atomic E-state index is 0.0309. The molecule has 1 saturated heterocycles. The average Bonchev–Trinajstić information content (AvgIpc) is 2.26. The lowest BCUT2D eigenvalue weighted by Crippen LogP contribution is -2.37. The highest BCUT2D eigenvalue weighted by Crippen LogP contribution is 2.35. The summed E-state index contributed by atoms with van der Waals surface area (Å²) in [5.74, 6) is 9.14. The molecular weight excluding hydrogens is 156 g/mol. The summed E-state index contributed by atoms with van der Waals surface area (Å²) in [4.78, 5) is 11.1. The van der Waals surface area contributed by atoms with Gasteiger partial charge in [-0.1, -0.05) is 0 Å². The fourth-order valence-corrected chi connectivity index (χ4v) is 2.09. The van der Waals surface area contributed by atoms with E-state index in [0.29, 0.717) is 0 Å². The van der Waals surface area contributed by atoms with E-state index in [4.69, 9.17) is 4.74 Å². The molecule has 3 atom stereocenters. The molecule has 2 aliphatic rings. The first-order chi connectivity index (χ1) is 5.66. The van der Waals surface area contributed by atoms with E-state index in [2.05, 4.69) is 0 Å². The zero-order chi connectivity index (χ0) is 8.72. The van der Waals surface area contributed by atoms with Gasteiger partial charge in [0.1, 0.15) is 6.10 Å². The predicted octanol–water partition coefficient (Wildman–Crippen LogP) is -0.00400. The van der Waals surface area contributed by atoms with Crippen molar-refractivity contribution in [3.63, 3.8) is 0 Å². The minimum atomic E-state index is -0.0793. The number of fused-ring (bicyclic) bond motifs is 2. The number of ether oxygens (including phenoxy) is 1. The predicted molar refractivity (Wildman–Crippen MR) is 40.9 cm³/mol. The van der Waals surface area contributed by atoms with Gasteiger partial charge in [0.05, 0.1) is 5.92 Å². The summed E-state index contributed by atoms with van der Waals surface area (Å²) in [7, 11) is 1.62. The Morgan fingerprint density at radius 1 is 1.50 bits per heavy atom. The van der Waals surface area contributed by atoms with Gasteiger partial charge in [0.25, 0.3) is 0 Å². The van der Waals surface area contributed by atoms with Gasteiger partial charge in [-0.05, 0) is 18.7 Å². The second-order valence-electron chi connectivity index (χ2n) is 3.69. The van der Waals surface area contributed by atoms with Gasteiger partial charge in [0, 0.05) is 19.5 Å². The van der Waals surface area contributed by atoms with Gasteiger partial charge in [-0.3, -0.25) is 4.79 Å². The van der Waals surface area contributed by atoms with Gasteiger partial charge >= 0.3 is 5.97 Å². The number of esters is 1. The molecule has 3 unspecified atom stereocenters. The summed E-state index contributed by atoms with van der Waals surface area (Å²) in [6, 6.07) is 0.0974. The molecule has 0 aromatic heterocycles. The largest absolute Gasteiger partial charge is 0.462 e. The molecule has 2 rings (SSSR count).